The van der Waals surface area contributed by atoms with E-state index in [1.807, 2.05) is 24.1 Å². The van der Waals surface area contributed by atoms with Crippen LogP contribution in [0.25, 0.3) is 11.2 Å². The maximum Gasteiger partial charge on any atom is 0.180 e. The molecule has 78 valence electrons. The standard InChI is InChI=1S/C10H13N5/c1-15(7-4-11)9-3-2-8-10(14-9)13-6-5-12-8/h2-3,5-6H,4,7,11H2,1H3. The van der Waals surface area contributed by atoms with Gasteiger partial charge in [0, 0.05) is 32.5 Å². The molecule has 0 aliphatic heterocycles. The average Bonchev–Trinajstić information content (AvgIpc) is 2.29. The molecule has 15 heavy (non-hydrogen) atoms. The maximum absolute atomic E-state index is 5.48. The van der Waals surface area contributed by atoms with E-state index < -0.39 is 0 Å². The van der Waals surface area contributed by atoms with Gasteiger partial charge < -0.3 is 10.6 Å². The number of anilines is 1. The Morgan fingerprint density at radius 2 is 2.07 bits per heavy atom. The van der Waals surface area contributed by atoms with Gasteiger partial charge in [-0.25, -0.2) is 9.97 Å². The molecule has 0 spiro atoms. The molecule has 2 aromatic heterocycles. The molecule has 2 aromatic rings. The molecule has 2 N–H and O–H groups in total. The first-order chi connectivity index (χ1) is 7.31. The largest absolute Gasteiger partial charge is 0.358 e. The predicted octanol–water partition coefficient (Wildman–Crippen LogP) is 0.420. The molecule has 0 amide bonds. The molecule has 0 saturated heterocycles. The fourth-order valence-corrected chi connectivity index (χ4v) is 1.37. The van der Waals surface area contributed by atoms with Crippen molar-refractivity contribution in [2.45, 2.75) is 0 Å². The first-order valence-corrected chi connectivity index (χ1v) is 4.80. The third-order valence-corrected chi connectivity index (χ3v) is 2.17. The van der Waals surface area contributed by atoms with Crippen LogP contribution < -0.4 is 10.6 Å². The summed E-state index contributed by atoms with van der Waals surface area (Å²) in [5.41, 5.74) is 6.96. The van der Waals surface area contributed by atoms with Crippen molar-refractivity contribution in [3.05, 3.63) is 24.5 Å². The fourth-order valence-electron chi connectivity index (χ4n) is 1.37. The summed E-state index contributed by atoms with van der Waals surface area (Å²) in [5.74, 6) is 0.869. The second-order valence-corrected chi connectivity index (χ2v) is 3.28. The fraction of sp³-hybridized carbons (Fsp3) is 0.300. The Bertz CT molecular complexity index is 456. The Kier molecular flexibility index (Phi) is 2.73. The molecule has 2 heterocycles. The van der Waals surface area contributed by atoms with E-state index >= 15 is 0 Å². The summed E-state index contributed by atoms with van der Waals surface area (Å²) in [6, 6.07) is 3.84. The SMILES string of the molecule is CN(CCN)c1ccc2nccnc2n1. The van der Waals surface area contributed by atoms with Gasteiger partial charge in [-0.15, -0.1) is 0 Å². The van der Waals surface area contributed by atoms with Gasteiger partial charge in [0.15, 0.2) is 5.65 Å². The molecular weight excluding hydrogens is 190 g/mol. The summed E-state index contributed by atoms with van der Waals surface area (Å²) >= 11 is 0. The molecule has 5 nitrogen and oxygen atoms in total. The Morgan fingerprint density at radius 1 is 1.27 bits per heavy atom. The molecule has 0 fully saturated rings. The monoisotopic (exact) mass is 203 g/mol. The van der Waals surface area contributed by atoms with Crippen molar-refractivity contribution in [3.63, 3.8) is 0 Å². The van der Waals surface area contributed by atoms with Crippen molar-refractivity contribution in [3.8, 4) is 0 Å². The maximum atomic E-state index is 5.48. The molecule has 0 radical (unpaired) electrons. The molecule has 0 aliphatic carbocycles. The third kappa shape index (κ3) is 2.02. The van der Waals surface area contributed by atoms with Gasteiger partial charge in [0.05, 0.1) is 0 Å². The van der Waals surface area contributed by atoms with Gasteiger partial charge in [-0.05, 0) is 12.1 Å². The van der Waals surface area contributed by atoms with Crippen molar-refractivity contribution in [1.82, 2.24) is 15.0 Å². The Balaban J connectivity index is 2.38. The van der Waals surface area contributed by atoms with Crippen LogP contribution in [0.2, 0.25) is 0 Å². The number of aromatic nitrogens is 3. The number of pyridine rings is 1. The van der Waals surface area contributed by atoms with Gasteiger partial charge in [-0.2, -0.15) is 0 Å². The van der Waals surface area contributed by atoms with E-state index in [9.17, 15) is 0 Å². The zero-order chi connectivity index (χ0) is 10.7. The van der Waals surface area contributed by atoms with E-state index in [1.165, 1.54) is 0 Å². The van der Waals surface area contributed by atoms with E-state index in [4.69, 9.17) is 5.73 Å². The summed E-state index contributed by atoms with van der Waals surface area (Å²) in [7, 11) is 1.96. The normalized spacial score (nSPS) is 10.5. The lowest BCUT2D eigenvalue weighted by Gasteiger charge is -2.16. The zero-order valence-electron chi connectivity index (χ0n) is 8.59. The quantitative estimate of drug-likeness (QED) is 0.783. The van der Waals surface area contributed by atoms with Crippen LogP contribution in [0.5, 0.6) is 0 Å². The minimum Gasteiger partial charge on any atom is -0.358 e. The van der Waals surface area contributed by atoms with Gasteiger partial charge in [0.1, 0.15) is 11.3 Å². The molecule has 0 atom stereocenters. The van der Waals surface area contributed by atoms with Gasteiger partial charge >= 0.3 is 0 Å². The summed E-state index contributed by atoms with van der Waals surface area (Å²) in [5, 5.41) is 0. The number of likely N-dealkylation sites (N-methyl/N-ethyl adjacent to an activating group) is 1. The topological polar surface area (TPSA) is 67.9 Å². The van der Waals surface area contributed by atoms with Crippen LogP contribution in [0.15, 0.2) is 24.5 Å². The molecule has 0 aliphatic rings. The van der Waals surface area contributed by atoms with Crippen LogP contribution >= 0.6 is 0 Å². The third-order valence-electron chi connectivity index (χ3n) is 2.17. The van der Waals surface area contributed by atoms with Crippen molar-refractivity contribution < 1.29 is 0 Å². The second-order valence-electron chi connectivity index (χ2n) is 3.28. The molecule has 0 saturated carbocycles. The lowest BCUT2D eigenvalue weighted by atomic mass is 10.4. The number of hydrogen-bond acceptors (Lipinski definition) is 5. The Hall–Kier alpha value is -1.75. The van der Waals surface area contributed by atoms with Crippen LogP contribution in [-0.2, 0) is 0 Å². The van der Waals surface area contributed by atoms with Gasteiger partial charge in [0.25, 0.3) is 0 Å². The molecule has 0 aromatic carbocycles. The van der Waals surface area contributed by atoms with E-state index in [2.05, 4.69) is 15.0 Å². The van der Waals surface area contributed by atoms with Crippen LogP contribution in [0.1, 0.15) is 0 Å². The lowest BCUT2D eigenvalue weighted by molar-refractivity contribution is 0.870. The highest BCUT2D eigenvalue weighted by Gasteiger charge is 2.03. The van der Waals surface area contributed by atoms with Crippen LogP contribution in [0.4, 0.5) is 5.82 Å². The number of rotatable bonds is 3. The predicted molar refractivity (Wildman–Crippen MR) is 59.7 cm³/mol. The first-order valence-electron chi connectivity index (χ1n) is 4.80. The Morgan fingerprint density at radius 3 is 2.87 bits per heavy atom. The van der Waals surface area contributed by atoms with Crippen LogP contribution in [0.3, 0.4) is 0 Å². The van der Waals surface area contributed by atoms with Crippen molar-refractivity contribution >= 4 is 17.0 Å². The summed E-state index contributed by atoms with van der Waals surface area (Å²) < 4.78 is 0. The lowest BCUT2D eigenvalue weighted by Crippen LogP contribution is -2.25. The summed E-state index contributed by atoms with van der Waals surface area (Å²) in [6.45, 7) is 1.38. The van der Waals surface area contributed by atoms with Crippen molar-refractivity contribution in [2.75, 3.05) is 25.0 Å². The molecule has 5 heteroatoms. The zero-order valence-corrected chi connectivity index (χ0v) is 8.59. The van der Waals surface area contributed by atoms with Crippen molar-refractivity contribution in [2.24, 2.45) is 5.73 Å². The number of nitrogens with two attached hydrogens (primary N) is 1. The molecule has 2 rings (SSSR count). The van der Waals surface area contributed by atoms with E-state index in [0.717, 1.165) is 17.9 Å². The molecule has 0 bridgehead atoms. The van der Waals surface area contributed by atoms with E-state index in [1.54, 1.807) is 12.4 Å². The minimum absolute atomic E-state index is 0.608. The first kappa shape index (κ1) is 9.79. The van der Waals surface area contributed by atoms with Crippen LogP contribution in [0, 0.1) is 0 Å². The number of nitrogens with zero attached hydrogens (tertiary/aromatic N) is 4. The minimum atomic E-state index is 0.608. The van der Waals surface area contributed by atoms with Gasteiger partial charge in [-0.1, -0.05) is 0 Å². The van der Waals surface area contributed by atoms with E-state index in [-0.39, 0.29) is 0 Å². The van der Waals surface area contributed by atoms with E-state index in [0.29, 0.717) is 12.2 Å². The molecular formula is C10H13N5. The van der Waals surface area contributed by atoms with Gasteiger partial charge in [-0.3, -0.25) is 4.98 Å². The van der Waals surface area contributed by atoms with Crippen LogP contribution in [-0.4, -0.2) is 35.1 Å². The number of hydrogen-bond donors (Lipinski definition) is 1. The highest BCUT2D eigenvalue weighted by Crippen LogP contribution is 2.12. The molecule has 0 unspecified atom stereocenters. The highest BCUT2D eigenvalue weighted by atomic mass is 15.2. The second kappa shape index (κ2) is 4.18. The highest BCUT2D eigenvalue weighted by molar-refractivity contribution is 5.71. The van der Waals surface area contributed by atoms with Gasteiger partial charge in [0.2, 0.25) is 0 Å². The number of fused-ring (bicyclic) bond motifs is 1. The average molecular weight is 203 g/mol. The summed E-state index contributed by atoms with van der Waals surface area (Å²) in [4.78, 5) is 14.7. The van der Waals surface area contributed by atoms with Crippen molar-refractivity contribution in [1.29, 1.82) is 0 Å². The smallest absolute Gasteiger partial charge is 0.180 e. The summed E-state index contributed by atoms with van der Waals surface area (Å²) in [6.07, 6.45) is 3.30. The Labute approximate surface area is 88.0 Å².